The van der Waals surface area contributed by atoms with Crippen LogP contribution in [0.25, 0.3) is 0 Å². The number of carboxylic acids is 1. The van der Waals surface area contributed by atoms with Gasteiger partial charge in [0, 0.05) is 19.5 Å². The van der Waals surface area contributed by atoms with E-state index in [2.05, 4.69) is 0 Å². The zero-order valence-corrected chi connectivity index (χ0v) is 11.6. The lowest BCUT2D eigenvalue weighted by Gasteiger charge is -2.26. The molecule has 1 saturated heterocycles. The number of aliphatic carboxylic acids is 1. The summed E-state index contributed by atoms with van der Waals surface area (Å²) in [6, 6.07) is 0. The van der Waals surface area contributed by atoms with E-state index in [1.54, 1.807) is 0 Å². The van der Waals surface area contributed by atoms with Crippen LogP contribution >= 0.6 is 11.8 Å². The molecule has 1 unspecified atom stereocenters. The Bertz CT molecular complexity index is 279. The molecule has 104 valence electrons. The molecule has 1 aliphatic rings. The van der Waals surface area contributed by atoms with Crippen LogP contribution in [0.15, 0.2) is 0 Å². The Labute approximate surface area is 112 Å². The van der Waals surface area contributed by atoms with E-state index < -0.39 is 5.97 Å². The number of ether oxygens (including phenoxy) is 1. The van der Waals surface area contributed by atoms with Gasteiger partial charge >= 0.3 is 5.97 Å². The Morgan fingerprint density at radius 1 is 1.39 bits per heavy atom. The van der Waals surface area contributed by atoms with Crippen LogP contribution in [0.4, 0.5) is 0 Å². The lowest BCUT2D eigenvalue weighted by molar-refractivity contribution is -0.136. The van der Waals surface area contributed by atoms with Crippen molar-refractivity contribution in [2.75, 3.05) is 32.1 Å². The van der Waals surface area contributed by atoms with Crippen LogP contribution in [0, 0.1) is 0 Å². The first-order valence-electron chi connectivity index (χ1n) is 6.35. The lowest BCUT2D eigenvalue weighted by atomic mass is 10.3. The zero-order chi connectivity index (χ0) is 13.4. The summed E-state index contributed by atoms with van der Waals surface area (Å²) in [6.45, 7) is 4.47. The smallest absolute Gasteiger partial charge is 0.316 e. The second-order valence-corrected chi connectivity index (χ2v) is 5.51. The monoisotopic (exact) mass is 275 g/mol. The van der Waals surface area contributed by atoms with Gasteiger partial charge in [-0.2, -0.15) is 0 Å². The standard InChI is InChI=1S/C12H21NO4S/c1-2-10(12(15)16)18-9-3-4-11(14)13-5-7-17-8-6-13/h10H,2-9H2,1H3,(H,15,16). The van der Waals surface area contributed by atoms with Gasteiger partial charge in [0.15, 0.2) is 0 Å². The van der Waals surface area contributed by atoms with Gasteiger partial charge in [-0.25, -0.2) is 0 Å². The largest absolute Gasteiger partial charge is 0.480 e. The maximum absolute atomic E-state index is 11.8. The molecule has 1 fully saturated rings. The number of thioether (sulfide) groups is 1. The lowest BCUT2D eigenvalue weighted by Crippen LogP contribution is -2.40. The van der Waals surface area contributed by atoms with E-state index in [-0.39, 0.29) is 11.2 Å². The molecular formula is C12H21NO4S. The summed E-state index contributed by atoms with van der Waals surface area (Å²) in [7, 11) is 0. The van der Waals surface area contributed by atoms with Gasteiger partial charge in [-0.05, 0) is 18.6 Å². The Hall–Kier alpha value is -0.750. The predicted octanol–water partition coefficient (Wildman–Crippen LogP) is 1.22. The van der Waals surface area contributed by atoms with Gasteiger partial charge < -0.3 is 14.7 Å². The Morgan fingerprint density at radius 2 is 2.06 bits per heavy atom. The molecule has 0 saturated carbocycles. The summed E-state index contributed by atoms with van der Waals surface area (Å²) >= 11 is 1.42. The predicted molar refractivity (Wildman–Crippen MR) is 70.8 cm³/mol. The van der Waals surface area contributed by atoms with Crippen molar-refractivity contribution in [1.82, 2.24) is 4.90 Å². The summed E-state index contributed by atoms with van der Waals surface area (Å²) in [5, 5.41) is 8.53. The average Bonchev–Trinajstić information content (AvgIpc) is 2.39. The highest BCUT2D eigenvalue weighted by molar-refractivity contribution is 8.00. The fourth-order valence-corrected chi connectivity index (χ4v) is 2.76. The van der Waals surface area contributed by atoms with Gasteiger partial charge in [0.05, 0.1) is 13.2 Å². The zero-order valence-electron chi connectivity index (χ0n) is 10.8. The molecule has 0 aromatic rings. The van der Waals surface area contributed by atoms with Crippen LogP contribution in [0.2, 0.25) is 0 Å². The van der Waals surface area contributed by atoms with Gasteiger partial charge in [0.2, 0.25) is 5.91 Å². The fourth-order valence-electron chi connectivity index (χ4n) is 1.78. The normalized spacial score (nSPS) is 17.5. The van der Waals surface area contributed by atoms with Crippen molar-refractivity contribution in [3.63, 3.8) is 0 Å². The van der Waals surface area contributed by atoms with Crippen molar-refractivity contribution in [3.05, 3.63) is 0 Å². The van der Waals surface area contributed by atoms with E-state index in [1.807, 2.05) is 11.8 Å². The third-order valence-corrected chi connectivity index (χ3v) is 4.33. The number of morpholine rings is 1. The van der Waals surface area contributed by atoms with Gasteiger partial charge in [0.25, 0.3) is 0 Å². The average molecular weight is 275 g/mol. The maximum Gasteiger partial charge on any atom is 0.316 e. The van der Waals surface area contributed by atoms with E-state index in [1.165, 1.54) is 11.8 Å². The molecule has 18 heavy (non-hydrogen) atoms. The highest BCUT2D eigenvalue weighted by Crippen LogP contribution is 2.17. The molecule has 1 rings (SSSR count). The van der Waals surface area contributed by atoms with Crippen molar-refractivity contribution in [3.8, 4) is 0 Å². The number of hydrogen-bond donors (Lipinski definition) is 1. The van der Waals surface area contributed by atoms with E-state index in [9.17, 15) is 9.59 Å². The molecule has 1 amide bonds. The van der Waals surface area contributed by atoms with Crippen LogP contribution in [-0.2, 0) is 14.3 Å². The molecule has 0 aliphatic carbocycles. The van der Waals surface area contributed by atoms with Gasteiger partial charge in [-0.3, -0.25) is 9.59 Å². The first-order chi connectivity index (χ1) is 8.65. The first kappa shape index (κ1) is 15.3. The number of hydrogen-bond acceptors (Lipinski definition) is 4. The molecule has 5 nitrogen and oxygen atoms in total. The molecule has 0 aromatic carbocycles. The Balaban J connectivity index is 2.13. The number of carboxylic acid groups (broad SMARTS) is 1. The fraction of sp³-hybridized carbons (Fsp3) is 0.833. The summed E-state index contributed by atoms with van der Waals surface area (Å²) in [4.78, 5) is 24.4. The molecule has 1 aliphatic heterocycles. The third-order valence-electron chi connectivity index (χ3n) is 2.86. The van der Waals surface area contributed by atoms with Crippen molar-refractivity contribution < 1.29 is 19.4 Å². The van der Waals surface area contributed by atoms with Crippen molar-refractivity contribution >= 4 is 23.6 Å². The van der Waals surface area contributed by atoms with E-state index in [0.717, 1.165) is 12.2 Å². The summed E-state index contributed by atoms with van der Waals surface area (Å²) in [5.74, 6) is 0.116. The minimum atomic E-state index is -0.762. The number of carbonyl (C=O) groups excluding carboxylic acids is 1. The van der Waals surface area contributed by atoms with Gasteiger partial charge in [-0.1, -0.05) is 6.92 Å². The number of nitrogens with zero attached hydrogens (tertiary/aromatic N) is 1. The Kier molecular flexibility index (Phi) is 7.12. The molecule has 6 heteroatoms. The molecule has 0 bridgehead atoms. The summed E-state index contributed by atoms with van der Waals surface area (Å²) < 4.78 is 5.18. The SMILES string of the molecule is CCC(SCCCC(=O)N1CCOCC1)C(=O)O. The maximum atomic E-state index is 11.8. The van der Waals surface area contributed by atoms with Crippen LogP contribution in [0.5, 0.6) is 0 Å². The summed E-state index contributed by atoms with van der Waals surface area (Å²) in [5.41, 5.74) is 0. The van der Waals surface area contributed by atoms with Crippen molar-refractivity contribution in [2.24, 2.45) is 0 Å². The van der Waals surface area contributed by atoms with Crippen LogP contribution in [0.1, 0.15) is 26.2 Å². The van der Waals surface area contributed by atoms with Crippen LogP contribution in [-0.4, -0.2) is 59.2 Å². The molecule has 1 heterocycles. The van der Waals surface area contributed by atoms with E-state index >= 15 is 0 Å². The first-order valence-corrected chi connectivity index (χ1v) is 7.40. The number of carbonyl (C=O) groups is 2. The number of amides is 1. The molecule has 0 aromatic heterocycles. The quantitative estimate of drug-likeness (QED) is 0.708. The van der Waals surface area contributed by atoms with Crippen molar-refractivity contribution in [2.45, 2.75) is 31.4 Å². The van der Waals surface area contributed by atoms with Crippen LogP contribution in [0.3, 0.4) is 0 Å². The highest BCUT2D eigenvalue weighted by atomic mass is 32.2. The highest BCUT2D eigenvalue weighted by Gasteiger charge is 2.18. The molecule has 0 spiro atoms. The van der Waals surface area contributed by atoms with E-state index in [4.69, 9.17) is 9.84 Å². The van der Waals surface area contributed by atoms with Crippen molar-refractivity contribution in [1.29, 1.82) is 0 Å². The molecular weight excluding hydrogens is 254 g/mol. The molecule has 1 N–H and O–H groups in total. The molecule has 1 atom stereocenters. The minimum Gasteiger partial charge on any atom is -0.480 e. The van der Waals surface area contributed by atoms with Gasteiger partial charge in [-0.15, -0.1) is 11.8 Å². The van der Waals surface area contributed by atoms with E-state index in [0.29, 0.717) is 39.1 Å². The second kappa shape index (κ2) is 8.37. The third kappa shape index (κ3) is 5.27. The summed E-state index contributed by atoms with van der Waals surface area (Å²) in [6.07, 6.45) is 1.87. The second-order valence-electron chi connectivity index (χ2n) is 4.20. The topological polar surface area (TPSA) is 66.8 Å². The minimum absolute atomic E-state index is 0.155. The van der Waals surface area contributed by atoms with Crippen LogP contribution < -0.4 is 0 Å². The Morgan fingerprint density at radius 3 is 2.61 bits per heavy atom. The molecule has 0 radical (unpaired) electrons. The number of rotatable bonds is 7. The van der Waals surface area contributed by atoms with Gasteiger partial charge in [0.1, 0.15) is 5.25 Å².